The van der Waals surface area contributed by atoms with Crippen molar-refractivity contribution in [3.63, 3.8) is 0 Å². The van der Waals surface area contributed by atoms with Crippen LogP contribution in [0.1, 0.15) is 26.3 Å². The fourth-order valence-corrected chi connectivity index (χ4v) is 1.83. The van der Waals surface area contributed by atoms with Gasteiger partial charge in [0.2, 0.25) is 5.91 Å². The lowest BCUT2D eigenvalue weighted by molar-refractivity contribution is -0.123. The van der Waals surface area contributed by atoms with Crippen LogP contribution in [0.15, 0.2) is 42.3 Å². The van der Waals surface area contributed by atoms with Gasteiger partial charge in [0.15, 0.2) is 6.29 Å². The quantitative estimate of drug-likeness (QED) is 0.418. The Balaban J connectivity index is 2.88. The molecule has 1 unspecified atom stereocenters. The third-order valence-corrected chi connectivity index (χ3v) is 2.82. The van der Waals surface area contributed by atoms with Crippen molar-refractivity contribution in [2.45, 2.75) is 38.8 Å². The van der Waals surface area contributed by atoms with Gasteiger partial charge in [-0.3, -0.25) is 9.59 Å². The number of aliphatic hydroxyl groups excluding tert-OH is 1. The van der Waals surface area contributed by atoms with Crippen molar-refractivity contribution in [3.05, 3.63) is 47.9 Å². The molecule has 0 aliphatic carbocycles. The van der Waals surface area contributed by atoms with E-state index in [1.165, 1.54) is 0 Å². The van der Waals surface area contributed by atoms with E-state index < -0.39 is 23.6 Å². The molecule has 1 atom stereocenters. The van der Waals surface area contributed by atoms with Gasteiger partial charge in [0, 0.05) is 6.42 Å². The van der Waals surface area contributed by atoms with Crippen LogP contribution in [0, 0.1) is 0 Å². The zero-order valence-electron chi connectivity index (χ0n) is 13.9. The molecule has 7 nitrogen and oxygen atoms in total. The standard InChI is InChI=1S/C17H22N2O5/c1-17(2,3)24-16(23)19-14(9-12-7-5-4-6-8-12)15(22)18-13(10-20)11-21/h4-8,10-11,14,20H,9H2,1-3H3,(H,18,22)(H,19,23)/b13-10-. The Kier molecular flexibility index (Phi) is 6.98. The van der Waals surface area contributed by atoms with Crippen LogP contribution < -0.4 is 10.6 Å². The number of aldehydes is 1. The number of rotatable bonds is 6. The van der Waals surface area contributed by atoms with Crippen LogP contribution in [0.4, 0.5) is 4.79 Å². The number of hydrogen-bond acceptors (Lipinski definition) is 5. The maximum atomic E-state index is 12.3. The van der Waals surface area contributed by atoms with Gasteiger partial charge in [-0.2, -0.15) is 0 Å². The predicted molar refractivity (Wildman–Crippen MR) is 88.2 cm³/mol. The molecule has 0 radical (unpaired) electrons. The van der Waals surface area contributed by atoms with Crippen molar-refractivity contribution in [2.24, 2.45) is 0 Å². The highest BCUT2D eigenvalue weighted by molar-refractivity contribution is 5.91. The number of amides is 2. The highest BCUT2D eigenvalue weighted by atomic mass is 16.6. The SMILES string of the molecule is CC(C)(C)OC(=O)NC(Cc1ccccc1)C(=O)N/C(C=O)=C\O. The summed E-state index contributed by atoms with van der Waals surface area (Å²) in [4.78, 5) is 34.9. The molecule has 0 bridgehead atoms. The van der Waals surface area contributed by atoms with Gasteiger partial charge in [-0.05, 0) is 26.3 Å². The first kappa shape index (κ1) is 19.2. The van der Waals surface area contributed by atoms with Crippen molar-refractivity contribution in [1.82, 2.24) is 10.6 Å². The summed E-state index contributed by atoms with van der Waals surface area (Å²) >= 11 is 0. The molecule has 130 valence electrons. The molecule has 7 heteroatoms. The van der Waals surface area contributed by atoms with Gasteiger partial charge in [-0.15, -0.1) is 0 Å². The summed E-state index contributed by atoms with van der Waals surface area (Å²) in [6.45, 7) is 5.12. The molecular formula is C17H22N2O5. The lowest BCUT2D eigenvalue weighted by Crippen LogP contribution is -2.49. The smallest absolute Gasteiger partial charge is 0.408 e. The molecule has 3 N–H and O–H groups in total. The zero-order valence-corrected chi connectivity index (χ0v) is 13.9. The maximum Gasteiger partial charge on any atom is 0.408 e. The van der Waals surface area contributed by atoms with Gasteiger partial charge < -0.3 is 20.5 Å². The number of ether oxygens (including phenoxy) is 1. The number of aliphatic hydroxyl groups is 1. The van der Waals surface area contributed by atoms with Crippen LogP contribution in [-0.2, 0) is 20.7 Å². The van der Waals surface area contributed by atoms with E-state index in [1.807, 2.05) is 18.2 Å². The summed E-state index contributed by atoms with van der Waals surface area (Å²) in [5.41, 5.74) is -0.199. The van der Waals surface area contributed by atoms with E-state index in [1.54, 1.807) is 32.9 Å². The molecule has 1 aromatic carbocycles. The van der Waals surface area contributed by atoms with Gasteiger partial charge in [0.05, 0.1) is 0 Å². The van der Waals surface area contributed by atoms with Crippen molar-refractivity contribution in [2.75, 3.05) is 0 Å². The summed E-state index contributed by atoms with van der Waals surface area (Å²) in [5.74, 6) is -0.642. The fourth-order valence-electron chi connectivity index (χ4n) is 1.83. The van der Waals surface area contributed by atoms with Gasteiger partial charge in [0.25, 0.3) is 0 Å². The molecule has 0 heterocycles. The molecule has 0 aliphatic heterocycles. The van der Waals surface area contributed by atoms with Crippen molar-refractivity contribution >= 4 is 18.3 Å². The lowest BCUT2D eigenvalue weighted by atomic mass is 10.1. The van der Waals surface area contributed by atoms with Crippen LogP contribution in [0.5, 0.6) is 0 Å². The second kappa shape index (κ2) is 8.71. The molecule has 0 fully saturated rings. The summed E-state index contributed by atoms with van der Waals surface area (Å²) in [7, 11) is 0. The number of carbonyl (C=O) groups is 3. The number of allylic oxidation sites excluding steroid dienone is 1. The molecule has 0 saturated carbocycles. The third-order valence-electron chi connectivity index (χ3n) is 2.82. The van der Waals surface area contributed by atoms with Crippen molar-refractivity contribution in [1.29, 1.82) is 0 Å². The summed E-state index contributed by atoms with van der Waals surface area (Å²) in [6.07, 6.45) is 0.228. The summed E-state index contributed by atoms with van der Waals surface area (Å²) in [6, 6.07) is 8.08. The third kappa shape index (κ3) is 6.95. The minimum atomic E-state index is -0.975. The second-order valence-electron chi connectivity index (χ2n) is 6.08. The number of carbonyl (C=O) groups excluding carboxylic acids is 3. The van der Waals surface area contributed by atoms with E-state index in [2.05, 4.69) is 10.6 Å². The number of nitrogens with one attached hydrogen (secondary N) is 2. The Bertz CT molecular complexity index is 605. The fraction of sp³-hybridized carbons (Fsp3) is 0.353. The van der Waals surface area contributed by atoms with E-state index in [9.17, 15) is 14.4 Å². The molecule has 1 aromatic rings. The predicted octanol–water partition coefficient (Wildman–Crippen LogP) is 1.84. The van der Waals surface area contributed by atoms with Crippen LogP contribution >= 0.6 is 0 Å². The maximum absolute atomic E-state index is 12.3. The van der Waals surface area contributed by atoms with Gasteiger partial charge in [0.1, 0.15) is 23.6 Å². The van der Waals surface area contributed by atoms with Gasteiger partial charge in [-0.1, -0.05) is 30.3 Å². The second-order valence-corrected chi connectivity index (χ2v) is 6.08. The van der Waals surface area contributed by atoms with E-state index in [0.717, 1.165) is 5.56 Å². The highest BCUT2D eigenvalue weighted by Crippen LogP contribution is 2.09. The molecule has 0 spiro atoms. The van der Waals surface area contributed by atoms with Crippen molar-refractivity contribution < 1.29 is 24.2 Å². The first-order valence-corrected chi connectivity index (χ1v) is 7.39. The molecule has 1 rings (SSSR count). The Morgan fingerprint density at radius 3 is 2.38 bits per heavy atom. The molecule has 2 amide bonds. The Hall–Kier alpha value is -2.83. The normalized spacial score (nSPS) is 12.9. The summed E-state index contributed by atoms with van der Waals surface area (Å²) < 4.78 is 5.15. The average Bonchev–Trinajstić information content (AvgIpc) is 2.51. The minimum Gasteiger partial charge on any atom is -0.513 e. The first-order valence-electron chi connectivity index (χ1n) is 7.39. The molecule has 24 heavy (non-hydrogen) atoms. The Morgan fingerprint density at radius 2 is 1.88 bits per heavy atom. The molecule has 0 aromatic heterocycles. The largest absolute Gasteiger partial charge is 0.513 e. The molecule has 0 saturated heterocycles. The number of hydrogen-bond donors (Lipinski definition) is 3. The van der Waals surface area contributed by atoms with E-state index in [4.69, 9.17) is 9.84 Å². The number of benzene rings is 1. The van der Waals surface area contributed by atoms with Crippen LogP contribution in [-0.4, -0.2) is 35.0 Å². The average molecular weight is 334 g/mol. The zero-order chi connectivity index (χ0) is 18.2. The molecular weight excluding hydrogens is 312 g/mol. The van der Waals surface area contributed by atoms with Gasteiger partial charge >= 0.3 is 6.09 Å². The topological polar surface area (TPSA) is 105 Å². The van der Waals surface area contributed by atoms with Crippen LogP contribution in [0.2, 0.25) is 0 Å². The van der Waals surface area contributed by atoms with E-state index >= 15 is 0 Å². The van der Waals surface area contributed by atoms with E-state index in [-0.39, 0.29) is 12.1 Å². The Labute approximate surface area is 140 Å². The van der Waals surface area contributed by atoms with Gasteiger partial charge in [-0.25, -0.2) is 4.79 Å². The lowest BCUT2D eigenvalue weighted by Gasteiger charge is -2.23. The van der Waals surface area contributed by atoms with Crippen molar-refractivity contribution in [3.8, 4) is 0 Å². The minimum absolute atomic E-state index is 0.198. The van der Waals surface area contributed by atoms with E-state index in [0.29, 0.717) is 12.5 Å². The van der Waals surface area contributed by atoms with Crippen LogP contribution in [0.25, 0.3) is 0 Å². The monoisotopic (exact) mass is 334 g/mol. The Morgan fingerprint density at radius 1 is 1.25 bits per heavy atom. The number of alkyl carbamates (subject to hydrolysis) is 1. The van der Waals surface area contributed by atoms with Crippen LogP contribution in [0.3, 0.4) is 0 Å². The molecule has 0 aliphatic rings. The first-order chi connectivity index (χ1) is 11.2. The summed E-state index contributed by atoms with van der Waals surface area (Å²) in [5, 5.41) is 13.6. The highest BCUT2D eigenvalue weighted by Gasteiger charge is 2.25.